The Morgan fingerprint density at radius 1 is 0.474 bits per heavy atom. The third-order valence-electron chi connectivity index (χ3n) is 6.12. The molecule has 0 bridgehead atoms. The number of carbonyl (C=O) groups excluding carboxylic acids is 2. The van der Waals surface area contributed by atoms with Crippen LogP contribution in [0.25, 0.3) is 12.2 Å². The molecule has 0 saturated carbocycles. The summed E-state index contributed by atoms with van der Waals surface area (Å²) in [6.07, 6.45) is 4.09. The van der Waals surface area contributed by atoms with Gasteiger partial charge in [0, 0.05) is 22.7 Å². The number of aryl methyl sites for hydroxylation is 4. The average Bonchev–Trinajstić information content (AvgIpc) is 2.87. The normalized spacial score (nSPS) is 10.7. The van der Waals surface area contributed by atoms with Crippen molar-refractivity contribution in [2.45, 2.75) is 27.7 Å². The number of hydrogen-bond acceptors (Lipinski definition) is 2. The van der Waals surface area contributed by atoms with Gasteiger partial charge in [-0.3, -0.25) is 0 Å². The number of benzene rings is 4. The molecule has 4 amide bonds. The molecule has 4 aromatic rings. The molecule has 4 N–H and O–H groups in total. The molecule has 0 saturated heterocycles. The molecule has 0 aliphatic heterocycles. The van der Waals surface area contributed by atoms with E-state index in [9.17, 15) is 9.59 Å². The Balaban J connectivity index is 1.35. The second kappa shape index (κ2) is 11.9. The van der Waals surface area contributed by atoms with Gasteiger partial charge in [-0.1, -0.05) is 59.7 Å². The van der Waals surface area contributed by atoms with Gasteiger partial charge in [0.25, 0.3) is 0 Å². The Hall–Kier alpha value is -4.84. The van der Waals surface area contributed by atoms with Gasteiger partial charge in [0.05, 0.1) is 0 Å². The first-order chi connectivity index (χ1) is 18.2. The standard InChI is InChI=1S/C32H32N4O2/c1-21-5-13-27(14-6-21)33-31(37)35-29-17-11-25(23(3)19-29)9-10-26-12-18-30(20-24(26)4)36-32(38)34-28-15-7-22(2)8-16-28/h5-20H,1-4H3,(H2,33,35,37)(H2,34,36,38)/b10-9+. The minimum atomic E-state index is -0.284. The minimum Gasteiger partial charge on any atom is -0.308 e. The Morgan fingerprint density at radius 2 is 0.789 bits per heavy atom. The fourth-order valence-electron chi connectivity index (χ4n) is 3.92. The van der Waals surface area contributed by atoms with Crippen molar-refractivity contribution in [3.8, 4) is 0 Å². The lowest BCUT2D eigenvalue weighted by Gasteiger charge is -2.11. The highest BCUT2D eigenvalue weighted by molar-refractivity contribution is 6.00. The summed E-state index contributed by atoms with van der Waals surface area (Å²) in [6.45, 7) is 8.03. The van der Waals surface area contributed by atoms with Crippen molar-refractivity contribution >= 4 is 47.0 Å². The van der Waals surface area contributed by atoms with Gasteiger partial charge in [-0.05, 0) is 98.5 Å². The van der Waals surface area contributed by atoms with E-state index in [1.807, 2.05) is 125 Å². The van der Waals surface area contributed by atoms with Crippen LogP contribution < -0.4 is 21.3 Å². The van der Waals surface area contributed by atoms with E-state index in [0.717, 1.165) is 56.1 Å². The highest BCUT2D eigenvalue weighted by Crippen LogP contribution is 2.21. The van der Waals surface area contributed by atoms with E-state index in [0.29, 0.717) is 0 Å². The van der Waals surface area contributed by atoms with Crippen molar-refractivity contribution in [2.75, 3.05) is 21.3 Å². The van der Waals surface area contributed by atoms with Gasteiger partial charge in [0.15, 0.2) is 0 Å². The van der Waals surface area contributed by atoms with Crippen LogP contribution >= 0.6 is 0 Å². The first-order valence-electron chi connectivity index (χ1n) is 12.4. The molecule has 0 aliphatic rings. The molecule has 0 radical (unpaired) electrons. The Kier molecular flexibility index (Phi) is 8.23. The maximum atomic E-state index is 12.3. The highest BCUT2D eigenvalue weighted by atomic mass is 16.2. The third-order valence-corrected chi connectivity index (χ3v) is 6.12. The molecule has 6 heteroatoms. The summed E-state index contributed by atoms with van der Waals surface area (Å²) in [6, 6.07) is 26.4. The van der Waals surface area contributed by atoms with Crippen LogP contribution in [0.3, 0.4) is 0 Å². The molecule has 192 valence electrons. The molecule has 0 aliphatic carbocycles. The summed E-state index contributed by atoms with van der Waals surface area (Å²) in [5, 5.41) is 11.4. The van der Waals surface area contributed by atoms with Crippen molar-refractivity contribution in [1.82, 2.24) is 0 Å². The SMILES string of the molecule is Cc1ccc(NC(=O)Nc2ccc(/C=C/c3ccc(NC(=O)Nc4ccc(C)cc4)cc3C)c(C)c2)cc1. The average molecular weight is 505 g/mol. The van der Waals surface area contributed by atoms with E-state index in [-0.39, 0.29) is 12.1 Å². The summed E-state index contributed by atoms with van der Waals surface area (Å²) in [5.74, 6) is 0. The third kappa shape index (κ3) is 7.34. The fourth-order valence-corrected chi connectivity index (χ4v) is 3.92. The number of amides is 4. The van der Waals surface area contributed by atoms with Crippen molar-refractivity contribution in [2.24, 2.45) is 0 Å². The number of urea groups is 2. The maximum absolute atomic E-state index is 12.3. The first kappa shape index (κ1) is 26.2. The van der Waals surface area contributed by atoms with Crippen molar-refractivity contribution in [3.63, 3.8) is 0 Å². The quantitative estimate of drug-likeness (QED) is 0.199. The lowest BCUT2D eigenvalue weighted by atomic mass is 10.0. The van der Waals surface area contributed by atoms with Gasteiger partial charge in [0.1, 0.15) is 0 Å². The Morgan fingerprint density at radius 3 is 1.13 bits per heavy atom. The molecule has 0 heterocycles. The largest absolute Gasteiger partial charge is 0.323 e. The van der Waals surface area contributed by atoms with Crippen LogP contribution in [0.15, 0.2) is 84.9 Å². The second-order valence-electron chi connectivity index (χ2n) is 9.37. The second-order valence-corrected chi connectivity index (χ2v) is 9.37. The van der Waals surface area contributed by atoms with E-state index in [1.165, 1.54) is 0 Å². The zero-order valence-corrected chi connectivity index (χ0v) is 22.1. The molecular formula is C32H32N4O2. The lowest BCUT2D eigenvalue weighted by molar-refractivity contribution is 0.261. The van der Waals surface area contributed by atoms with Crippen molar-refractivity contribution in [1.29, 1.82) is 0 Å². The molecular weight excluding hydrogens is 472 g/mol. The van der Waals surface area contributed by atoms with Gasteiger partial charge < -0.3 is 21.3 Å². The molecule has 6 nitrogen and oxygen atoms in total. The molecule has 0 aromatic heterocycles. The summed E-state index contributed by atoms with van der Waals surface area (Å²) >= 11 is 0. The first-order valence-corrected chi connectivity index (χ1v) is 12.4. The number of carbonyl (C=O) groups is 2. The molecule has 0 unspecified atom stereocenters. The number of rotatable bonds is 6. The zero-order valence-electron chi connectivity index (χ0n) is 22.1. The molecule has 0 fully saturated rings. The Bertz CT molecular complexity index is 1360. The van der Waals surface area contributed by atoms with E-state index in [1.54, 1.807) is 0 Å². The molecule has 0 spiro atoms. The van der Waals surface area contributed by atoms with Crippen LogP contribution in [0.4, 0.5) is 32.3 Å². The van der Waals surface area contributed by atoms with Gasteiger partial charge in [-0.15, -0.1) is 0 Å². The summed E-state index contributed by atoms with van der Waals surface area (Å²) < 4.78 is 0. The maximum Gasteiger partial charge on any atom is 0.323 e. The summed E-state index contributed by atoms with van der Waals surface area (Å²) in [7, 11) is 0. The van der Waals surface area contributed by atoms with Crippen LogP contribution in [0.5, 0.6) is 0 Å². The van der Waals surface area contributed by atoms with Gasteiger partial charge in [-0.25, -0.2) is 9.59 Å². The van der Waals surface area contributed by atoms with Crippen molar-refractivity contribution < 1.29 is 9.59 Å². The molecule has 4 rings (SSSR count). The van der Waals surface area contributed by atoms with Gasteiger partial charge in [0.2, 0.25) is 0 Å². The van der Waals surface area contributed by atoms with Gasteiger partial charge >= 0.3 is 12.1 Å². The summed E-state index contributed by atoms with van der Waals surface area (Å²) in [4.78, 5) is 24.7. The zero-order chi connectivity index (χ0) is 27.1. The smallest absolute Gasteiger partial charge is 0.308 e. The van der Waals surface area contributed by atoms with Crippen LogP contribution in [0, 0.1) is 27.7 Å². The van der Waals surface area contributed by atoms with Gasteiger partial charge in [-0.2, -0.15) is 0 Å². The summed E-state index contributed by atoms with van der Waals surface area (Å²) in [5.41, 5.74) is 9.39. The van der Waals surface area contributed by atoms with Crippen LogP contribution in [-0.4, -0.2) is 12.1 Å². The number of anilines is 4. The Labute approximate surface area is 223 Å². The minimum absolute atomic E-state index is 0.284. The topological polar surface area (TPSA) is 82.3 Å². The number of hydrogen-bond donors (Lipinski definition) is 4. The molecule has 0 atom stereocenters. The fraction of sp³-hybridized carbons (Fsp3) is 0.125. The van der Waals surface area contributed by atoms with E-state index >= 15 is 0 Å². The molecule has 38 heavy (non-hydrogen) atoms. The van der Waals surface area contributed by atoms with Crippen molar-refractivity contribution in [3.05, 3.63) is 118 Å². The predicted molar refractivity (Wildman–Crippen MR) is 159 cm³/mol. The predicted octanol–water partition coefficient (Wildman–Crippen LogP) is 8.38. The van der Waals surface area contributed by atoms with Crippen LogP contribution in [0.2, 0.25) is 0 Å². The molecule has 4 aromatic carbocycles. The van der Waals surface area contributed by atoms with E-state index < -0.39 is 0 Å². The van der Waals surface area contributed by atoms with E-state index in [4.69, 9.17) is 0 Å². The lowest BCUT2D eigenvalue weighted by Crippen LogP contribution is -2.19. The number of nitrogens with one attached hydrogen (secondary N) is 4. The van der Waals surface area contributed by atoms with Crippen LogP contribution in [0.1, 0.15) is 33.4 Å². The van der Waals surface area contributed by atoms with E-state index in [2.05, 4.69) is 21.3 Å². The monoisotopic (exact) mass is 504 g/mol. The highest BCUT2D eigenvalue weighted by Gasteiger charge is 2.06. The van der Waals surface area contributed by atoms with Crippen LogP contribution in [-0.2, 0) is 0 Å².